The number of urea groups is 1. The monoisotopic (exact) mass is 442 g/mol. The number of hydrogen-bond donors (Lipinski definition) is 1. The summed E-state index contributed by atoms with van der Waals surface area (Å²) in [5, 5.41) is 2.93. The Morgan fingerprint density at radius 2 is 1.88 bits per heavy atom. The van der Waals surface area contributed by atoms with E-state index in [1.165, 1.54) is 5.56 Å². The van der Waals surface area contributed by atoms with Crippen LogP contribution in [0.15, 0.2) is 24.3 Å². The molecular formula is C24H34N4O4. The van der Waals surface area contributed by atoms with Crippen LogP contribution in [0.3, 0.4) is 0 Å². The number of nitrogens with zero attached hydrogens (tertiary/aromatic N) is 3. The topological polar surface area (TPSA) is 82.2 Å². The molecule has 2 saturated heterocycles. The van der Waals surface area contributed by atoms with Crippen molar-refractivity contribution in [2.24, 2.45) is 5.92 Å². The van der Waals surface area contributed by atoms with Crippen LogP contribution in [0.25, 0.3) is 0 Å². The third-order valence-electron chi connectivity index (χ3n) is 7.30. The predicted octanol–water partition coefficient (Wildman–Crippen LogP) is 2.23. The molecule has 8 heteroatoms. The van der Waals surface area contributed by atoms with Gasteiger partial charge in [0.05, 0.1) is 7.11 Å². The summed E-state index contributed by atoms with van der Waals surface area (Å²) in [5.74, 6) is 0.558. The zero-order valence-corrected chi connectivity index (χ0v) is 19.1. The maximum Gasteiger partial charge on any atom is 0.325 e. The summed E-state index contributed by atoms with van der Waals surface area (Å²) in [6.45, 7) is 5.58. The van der Waals surface area contributed by atoms with Crippen LogP contribution >= 0.6 is 0 Å². The molecule has 1 saturated carbocycles. The highest BCUT2D eigenvalue weighted by molar-refractivity contribution is 6.09. The van der Waals surface area contributed by atoms with E-state index in [1.807, 2.05) is 19.1 Å². The Morgan fingerprint density at radius 1 is 1.09 bits per heavy atom. The van der Waals surface area contributed by atoms with Crippen molar-refractivity contribution in [3.05, 3.63) is 29.8 Å². The van der Waals surface area contributed by atoms with E-state index in [4.69, 9.17) is 4.74 Å². The first-order valence-corrected chi connectivity index (χ1v) is 11.7. The number of benzene rings is 1. The van der Waals surface area contributed by atoms with Gasteiger partial charge < -0.3 is 15.0 Å². The standard InChI is InChI=1S/C24H34N4O4/c1-18-6-3-4-11-24(18)22(30)28(23(31)25-24)17-21(29)27-13-5-12-26(14-15-27)16-19-7-9-20(32-2)10-8-19/h7-10,18H,3-6,11-17H2,1-2H3,(H,25,31). The number of ether oxygens (including phenoxy) is 1. The summed E-state index contributed by atoms with van der Waals surface area (Å²) in [6, 6.07) is 7.62. The van der Waals surface area contributed by atoms with Gasteiger partial charge in [-0.1, -0.05) is 31.9 Å². The molecule has 4 amide bonds. The van der Waals surface area contributed by atoms with Crippen LogP contribution in [0.4, 0.5) is 4.79 Å². The molecule has 3 fully saturated rings. The Labute approximate surface area is 189 Å². The Hall–Kier alpha value is -2.61. The fourth-order valence-electron chi connectivity index (χ4n) is 5.24. The first-order chi connectivity index (χ1) is 15.4. The SMILES string of the molecule is COc1ccc(CN2CCCN(C(=O)CN3C(=O)NC4(CCCCC4C)C3=O)CC2)cc1. The molecule has 0 radical (unpaired) electrons. The summed E-state index contributed by atoms with van der Waals surface area (Å²) in [6.07, 6.45) is 4.44. The first-order valence-electron chi connectivity index (χ1n) is 11.7. The van der Waals surface area contributed by atoms with Gasteiger partial charge >= 0.3 is 6.03 Å². The molecule has 2 aliphatic heterocycles. The van der Waals surface area contributed by atoms with Crippen molar-refractivity contribution in [3.63, 3.8) is 0 Å². The molecule has 1 aliphatic carbocycles. The molecule has 2 atom stereocenters. The minimum absolute atomic E-state index is 0.0949. The summed E-state index contributed by atoms with van der Waals surface area (Å²) in [7, 11) is 1.66. The molecule has 1 spiro atoms. The van der Waals surface area contributed by atoms with Crippen molar-refractivity contribution in [2.75, 3.05) is 39.8 Å². The van der Waals surface area contributed by atoms with Gasteiger partial charge in [0.25, 0.3) is 5.91 Å². The predicted molar refractivity (Wildman–Crippen MR) is 120 cm³/mol. The van der Waals surface area contributed by atoms with Gasteiger partial charge in [0, 0.05) is 32.7 Å². The average molecular weight is 443 g/mol. The highest BCUT2D eigenvalue weighted by atomic mass is 16.5. The van der Waals surface area contributed by atoms with E-state index in [0.717, 1.165) is 56.0 Å². The molecule has 32 heavy (non-hydrogen) atoms. The molecule has 1 N–H and O–H groups in total. The van der Waals surface area contributed by atoms with Gasteiger partial charge in [-0.05, 0) is 42.9 Å². The second-order valence-corrected chi connectivity index (χ2v) is 9.30. The smallest absolute Gasteiger partial charge is 0.325 e. The zero-order chi connectivity index (χ0) is 22.7. The van der Waals surface area contributed by atoms with E-state index in [0.29, 0.717) is 19.5 Å². The number of carbonyl (C=O) groups is 3. The average Bonchev–Trinajstić information content (AvgIpc) is 2.94. The molecule has 0 aromatic heterocycles. The van der Waals surface area contributed by atoms with E-state index >= 15 is 0 Å². The van der Waals surface area contributed by atoms with Crippen molar-refractivity contribution < 1.29 is 19.1 Å². The van der Waals surface area contributed by atoms with Crippen LogP contribution in [0, 0.1) is 5.92 Å². The lowest BCUT2D eigenvalue weighted by Gasteiger charge is -2.36. The molecule has 2 unspecified atom stereocenters. The van der Waals surface area contributed by atoms with Crippen molar-refractivity contribution in [1.82, 2.24) is 20.0 Å². The van der Waals surface area contributed by atoms with Crippen molar-refractivity contribution in [1.29, 1.82) is 0 Å². The molecule has 8 nitrogen and oxygen atoms in total. The lowest BCUT2D eigenvalue weighted by Crippen LogP contribution is -2.54. The maximum absolute atomic E-state index is 13.1. The summed E-state index contributed by atoms with van der Waals surface area (Å²) >= 11 is 0. The van der Waals surface area contributed by atoms with E-state index in [-0.39, 0.29) is 24.3 Å². The Kier molecular flexibility index (Phi) is 6.69. The molecular weight excluding hydrogens is 408 g/mol. The highest BCUT2D eigenvalue weighted by Crippen LogP contribution is 2.38. The van der Waals surface area contributed by atoms with Gasteiger partial charge in [0.15, 0.2) is 0 Å². The lowest BCUT2D eigenvalue weighted by atomic mass is 9.73. The molecule has 174 valence electrons. The van der Waals surface area contributed by atoms with Crippen LogP contribution in [0.5, 0.6) is 5.75 Å². The molecule has 2 heterocycles. The highest BCUT2D eigenvalue weighted by Gasteiger charge is 2.55. The van der Waals surface area contributed by atoms with Crippen molar-refractivity contribution >= 4 is 17.8 Å². The van der Waals surface area contributed by atoms with Gasteiger partial charge in [-0.25, -0.2) is 4.79 Å². The van der Waals surface area contributed by atoms with Crippen molar-refractivity contribution in [2.45, 2.75) is 51.1 Å². The van der Waals surface area contributed by atoms with Gasteiger partial charge in [-0.3, -0.25) is 19.4 Å². The molecule has 4 rings (SSSR count). The van der Waals surface area contributed by atoms with E-state index < -0.39 is 11.6 Å². The van der Waals surface area contributed by atoms with Crippen molar-refractivity contribution in [3.8, 4) is 5.75 Å². The maximum atomic E-state index is 13.1. The third-order valence-corrected chi connectivity index (χ3v) is 7.30. The van der Waals surface area contributed by atoms with E-state index in [1.54, 1.807) is 12.0 Å². The molecule has 1 aromatic rings. The number of rotatable bonds is 5. The second-order valence-electron chi connectivity index (χ2n) is 9.30. The lowest BCUT2D eigenvalue weighted by molar-refractivity contribution is -0.140. The van der Waals surface area contributed by atoms with Gasteiger partial charge in [-0.2, -0.15) is 0 Å². The van der Waals surface area contributed by atoms with Crippen LogP contribution in [0.1, 0.15) is 44.6 Å². The molecule has 3 aliphatic rings. The number of amides is 4. The van der Waals surface area contributed by atoms with Gasteiger partial charge in [-0.15, -0.1) is 0 Å². The molecule has 1 aromatic carbocycles. The van der Waals surface area contributed by atoms with E-state index in [9.17, 15) is 14.4 Å². The largest absolute Gasteiger partial charge is 0.497 e. The molecule has 0 bridgehead atoms. The Bertz CT molecular complexity index is 858. The minimum Gasteiger partial charge on any atom is -0.497 e. The Morgan fingerprint density at radius 3 is 2.59 bits per heavy atom. The van der Waals surface area contributed by atoms with Gasteiger partial charge in [0.1, 0.15) is 17.8 Å². The van der Waals surface area contributed by atoms with Crippen LogP contribution in [-0.4, -0.2) is 77.9 Å². The zero-order valence-electron chi connectivity index (χ0n) is 19.1. The van der Waals surface area contributed by atoms with Crippen LogP contribution in [-0.2, 0) is 16.1 Å². The number of hydrogen-bond acceptors (Lipinski definition) is 5. The minimum atomic E-state index is -0.816. The first kappa shape index (κ1) is 22.6. The Balaban J connectivity index is 1.33. The summed E-state index contributed by atoms with van der Waals surface area (Å²) < 4.78 is 5.22. The van der Waals surface area contributed by atoms with Crippen LogP contribution < -0.4 is 10.1 Å². The van der Waals surface area contributed by atoms with Crippen LogP contribution in [0.2, 0.25) is 0 Å². The number of imide groups is 1. The number of methoxy groups -OCH3 is 1. The number of nitrogens with one attached hydrogen (secondary N) is 1. The fourth-order valence-corrected chi connectivity index (χ4v) is 5.24. The van der Waals surface area contributed by atoms with E-state index in [2.05, 4.69) is 22.3 Å². The normalized spacial score (nSPS) is 26.9. The summed E-state index contributed by atoms with van der Waals surface area (Å²) in [5.41, 5.74) is 0.389. The fraction of sp³-hybridized carbons (Fsp3) is 0.625. The van der Waals surface area contributed by atoms with Gasteiger partial charge in [0.2, 0.25) is 5.91 Å². The quantitative estimate of drug-likeness (QED) is 0.708. The second kappa shape index (κ2) is 9.48. The number of carbonyl (C=O) groups excluding carboxylic acids is 3. The summed E-state index contributed by atoms with van der Waals surface area (Å²) in [4.78, 5) is 44.0. The third kappa shape index (κ3) is 4.46.